The summed E-state index contributed by atoms with van der Waals surface area (Å²) in [6.45, 7) is 1.96. The Labute approximate surface area is 124 Å². The number of hydrogen-bond donors (Lipinski definition) is 1. The van der Waals surface area contributed by atoms with Crippen LogP contribution in [0.5, 0.6) is 5.75 Å². The fourth-order valence-corrected chi connectivity index (χ4v) is 2.90. The summed E-state index contributed by atoms with van der Waals surface area (Å²) in [6, 6.07) is 9.41. The summed E-state index contributed by atoms with van der Waals surface area (Å²) in [5.74, 6) is 0.731. The summed E-state index contributed by atoms with van der Waals surface area (Å²) in [7, 11) is 1.63. The van der Waals surface area contributed by atoms with Crippen LogP contribution in [0.4, 0.5) is 0 Å². The Morgan fingerprint density at radius 2 is 2.21 bits per heavy atom. The van der Waals surface area contributed by atoms with Gasteiger partial charge < -0.3 is 10.1 Å². The van der Waals surface area contributed by atoms with Gasteiger partial charge in [0.1, 0.15) is 5.75 Å². The average molecular weight is 340 g/mol. The number of ether oxygens (including phenoxy) is 1. The lowest BCUT2D eigenvalue weighted by Crippen LogP contribution is -2.25. The molecule has 1 amide bonds. The molecule has 5 heteroatoms. The van der Waals surface area contributed by atoms with Crippen LogP contribution in [0.15, 0.2) is 40.2 Å². The van der Waals surface area contributed by atoms with Crippen LogP contribution in [0.3, 0.4) is 0 Å². The molecular weight excluding hydrogens is 326 g/mol. The Hall–Kier alpha value is -1.33. The van der Waals surface area contributed by atoms with Gasteiger partial charge in [-0.2, -0.15) is 0 Å². The van der Waals surface area contributed by atoms with Gasteiger partial charge in [-0.1, -0.05) is 12.1 Å². The largest absolute Gasteiger partial charge is 0.496 e. The van der Waals surface area contributed by atoms with Crippen LogP contribution in [0.1, 0.15) is 28.2 Å². The predicted octanol–water partition coefficient (Wildman–Crippen LogP) is 4.01. The van der Waals surface area contributed by atoms with E-state index >= 15 is 0 Å². The number of thiophene rings is 1. The molecular formula is C14H14BrNO2S. The second-order valence-electron chi connectivity index (χ2n) is 4.07. The van der Waals surface area contributed by atoms with Gasteiger partial charge >= 0.3 is 0 Å². The maximum Gasteiger partial charge on any atom is 0.261 e. The summed E-state index contributed by atoms with van der Waals surface area (Å²) in [6.07, 6.45) is 0. The highest BCUT2D eigenvalue weighted by Crippen LogP contribution is 2.28. The van der Waals surface area contributed by atoms with Crippen LogP contribution in [0.2, 0.25) is 0 Å². The van der Waals surface area contributed by atoms with Crippen molar-refractivity contribution in [3.63, 3.8) is 0 Å². The molecule has 0 aliphatic rings. The molecule has 0 radical (unpaired) electrons. The fraction of sp³-hybridized carbons (Fsp3) is 0.214. The molecule has 0 spiro atoms. The van der Waals surface area contributed by atoms with Crippen LogP contribution in [0, 0.1) is 0 Å². The smallest absolute Gasteiger partial charge is 0.261 e. The van der Waals surface area contributed by atoms with E-state index in [1.54, 1.807) is 7.11 Å². The quantitative estimate of drug-likeness (QED) is 0.913. The number of carbonyl (C=O) groups excluding carboxylic acids is 1. The molecule has 0 aliphatic heterocycles. The highest BCUT2D eigenvalue weighted by atomic mass is 79.9. The van der Waals surface area contributed by atoms with Crippen molar-refractivity contribution >= 4 is 33.2 Å². The average Bonchev–Trinajstić information content (AvgIpc) is 2.92. The van der Waals surface area contributed by atoms with Crippen molar-refractivity contribution in [2.75, 3.05) is 7.11 Å². The molecule has 1 aromatic carbocycles. The minimum atomic E-state index is -0.0585. The number of rotatable bonds is 4. The number of hydrogen-bond acceptors (Lipinski definition) is 3. The lowest BCUT2D eigenvalue weighted by Gasteiger charge is -2.15. The van der Waals surface area contributed by atoms with Crippen molar-refractivity contribution < 1.29 is 9.53 Å². The minimum Gasteiger partial charge on any atom is -0.496 e. The van der Waals surface area contributed by atoms with Gasteiger partial charge in [-0.3, -0.25) is 4.79 Å². The normalized spacial score (nSPS) is 11.9. The van der Waals surface area contributed by atoms with Crippen molar-refractivity contribution in [1.29, 1.82) is 0 Å². The van der Waals surface area contributed by atoms with Gasteiger partial charge in [-0.15, -0.1) is 11.3 Å². The molecule has 1 heterocycles. The first-order chi connectivity index (χ1) is 9.11. The highest BCUT2D eigenvalue weighted by molar-refractivity contribution is 9.10. The van der Waals surface area contributed by atoms with Gasteiger partial charge in [0, 0.05) is 0 Å². The van der Waals surface area contributed by atoms with E-state index in [0.29, 0.717) is 0 Å². The zero-order chi connectivity index (χ0) is 13.8. The molecule has 0 aliphatic carbocycles. The number of halogens is 1. The van der Waals surface area contributed by atoms with Crippen LogP contribution < -0.4 is 10.1 Å². The van der Waals surface area contributed by atoms with Gasteiger partial charge in [0.25, 0.3) is 5.91 Å². The third kappa shape index (κ3) is 3.36. The molecule has 2 aromatic rings. The Morgan fingerprint density at radius 1 is 1.42 bits per heavy atom. The fourth-order valence-electron chi connectivity index (χ4n) is 1.71. The summed E-state index contributed by atoms with van der Waals surface area (Å²) in [4.78, 5) is 12.7. The van der Waals surface area contributed by atoms with E-state index in [0.717, 1.165) is 20.7 Å². The Balaban J connectivity index is 2.09. The van der Waals surface area contributed by atoms with Crippen molar-refractivity contribution in [1.82, 2.24) is 5.32 Å². The first-order valence-corrected chi connectivity index (χ1v) is 7.47. The zero-order valence-corrected chi connectivity index (χ0v) is 13.0. The molecule has 100 valence electrons. The number of amides is 1. The first kappa shape index (κ1) is 14.1. The SMILES string of the molecule is COc1ccc(C(C)NC(=O)c2cccs2)cc1Br. The topological polar surface area (TPSA) is 38.3 Å². The predicted molar refractivity (Wildman–Crippen MR) is 80.9 cm³/mol. The van der Waals surface area contributed by atoms with Crippen molar-refractivity contribution in [3.8, 4) is 5.75 Å². The van der Waals surface area contributed by atoms with E-state index in [9.17, 15) is 4.79 Å². The van der Waals surface area contributed by atoms with E-state index < -0.39 is 0 Å². The lowest BCUT2D eigenvalue weighted by atomic mass is 10.1. The molecule has 3 nitrogen and oxygen atoms in total. The second-order valence-corrected chi connectivity index (χ2v) is 5.87. The third-order valence-electron chi connectivity index (χ3n) is 2.77. The van der Waals surface area contributed by atoms with Gasteiger partial charge in [-0.05, 0) is 52.0 Å². The van der Waals surface area contributed by atoms with Gasteiger partial charge in [0.2, 0.25) is 0 Å². The van der Waals surface area contributed by atoms with E-state index in [1.165, 1.54) is 11.3 Å². The molecule has 0 saturated heterocycles. The first-order valence-electron chi connectivity index (χ1n) is 5.79. The highest BCUT2D eigenvalue weighted by Gasteiger charge is 2.13. The number of methoxy groups -OCH3 is 1. The Kier molecular flexibility index (Phi) is 4.61. The Bertz CT molecular complexity index is 569. The molecule has 2 rings (SSSR count). The van der Waals surface area contributed by atoms with Gasteiger partial charge in [0.15, 0.2) is 0 Å². The van der Waals surface area contributed by atoms with Crippen molar-refractivity contribution in [2.45, 2.75) is 13.0 Å². The molecule has 19 heavy (non-hydrogen) atoms. The van der Waals surface area contributed by atoms with Crippen LogP contribution in [-0.4, -0.2) is 13.0 Å². The maximum absolute atomic E-state index is 12.0. The van der Waals surface area contributed by atoms with E-state index in [2.05, 4.69) is 21.2 Å². The molecule has 1 atom stereocenters. The molecule has 1 unspecified atom stereocenters. The number of benzene rings is 1. The lowest BCUT2D eigenvalue weighted by molar-refractivity contribution is 0.0944. The summed E-state index contributed by atoms with van der Waals surface area (Å²) >= 11 is 4.88. The van der Waals surface area contributed by atoms with Crippen molar-refractivity contribution in [2.24, 2.45) is 0 Å². The van der Waals surface area contributed by atoms with E-state index in [4.69, 9.17) is 4.74 Å². The van der Waals surface area contributed by atoms with Crippen LogP contribution in [-0.2, 0) is 0 Å². The monoisotopic (exact) mass is 339 g/mol. The third-order valence-corrected chi connectivity index (χ3v) is 4.26. The van der Waals surface area contributed by atoms with Gasteiger partial charge in [0.05, 0.1) is 22.5 Å². The molecule has 0 saturated carbocycles. The van der Waals surface area contributed by atoms with E-state index in [-0.39, 0.29) is 11.9 Å². The summed E-state index contributed by atoms with van der Waals surface area (Å²) < 4.78 is 6.07. The molecule has 0 fully saturated rings. The summed E-state index contributed by atoms with van der Waals surface area (Å²) in [5.41, 5.74) is 1.03. The second kappa shape index (κ2) is 6.21. The molecule has 1 aromatic heterocycles. The maximum atomic E-state index is 12.0. The zero-order valence-electron chi connectivity index (χ0n) is 10.6. The summed E-state index contributed by atoms with van der Waals surface area (Å²) in [5, 5.41) is 4.87. The van der Waals surface area contributed by atoms with Gasteiger partial charge in [-0.25, -0.2) is 0 Å². The minimum absolute atomic E-state index is 0.0468. The van der Waals surface area contributed by atoms with Crippen LogP contribution >= 0.6 is 27.3 Å². The van der Waals surface area contributed by atoms with Crippen molar-refractivity contribution in [3.05, 3.63) is 50.6 Å². The number of nitrogens with one attached hydrogen (secondary N) is 1. The standard InChI is InChI=1S/C14H14BrNO2S/c1-9(16-14(17)13-4-3-7-19-13)10-5-6-12(18-2)11(15)8-10/h3-9H,1-2H3,(H,16,17). The molecule has 0 bridgehead atoms. The Morgan fingerprint density at radius 3 is 2.79 bits per heavy atom. The van der Waals surface area contributed by atoms with E-state index in [1.807, 2.05) is 42.6 Å². The number of carbonyl (C=O) groups is 1. The van der Waals surface area contributed by atoms with Crippen LogP contribution in [0.25, 0.3) is 0 Å². The molecule has 1 N–H and O–H groups in total.